The zero-order chi connectivity index (χ0) is 15.2. The molecule has 0 aliphatic carbocycles. The number of halogens is 1. The minimum atomic E-state index is -3.44. The van der Waals surface area contributed by atoms with Gasteiger partial charge in [0.1, 0.15) is 0 Å². The standard InChI is InChI=1S/C10H16FN5O3S/c1-2-15-20(18,19)6-5-14-10(17)7-3-4-13-9(16-12)8(7)11/h3-4,15H,2,5-6,12H2,1H3,(H,13,16)(H,14,17). The lowest BCUT2D eigenvalue weighted by Gasteiger charge is -2.08. The number of anilines is 1. The number of aromatic nitrogens is 1. The molecule has 0 atom stereocenters. The van der Waals surface area contributed by atoms with E-state index in [1.807, 2.05) is 5.43 Å². The van der Waals surface area contributed by atoms with Crippen LogP contribution in [0.25, 0.3) is 0 Å². The van der Waals surface area contributed by atoms with Crippen LogP contribution in [0.2, 0.25) is 0 Å². The molecule has 8 nitrogen and oxygen atoms in total. The van der Waals surface area contributed by atoms with Crippen molar-refractivity contribution in [3.05, 3.63) is 23.6 Å². The fourth-order valence-electron chi connectivity index (χ4n) is 1.41. The van der Waals surface area contributed by atoms with Gasteiger partial charge < -0.3 is 10.7 Å². The quantitative estimate of drug-likeness (QED) is 0.385. The average molecular weight is 305 g/mol. The number of rotatable bonds is 7. The van der Waals surface area contributed by atoms with Crippen LogP contribution in [0.1, 0.15) is 17.3 Å². The number of nitrogens with zero attached hydrogens (tertiary/aromatic N) is 1. The Bertz CT molecular complexity index is 578. The lowest BCUT2D eigenvalue weighted by molar-refractivity contribution is 0.0952. The van der Waals surface area contributed by atoms with Crippen LogP contribution < -0.4 is 21.3 Å². The third kappa shape index (κ3) is 4.40. The van der Waals surface area contributed by atoms with Crippen molar-refractivity contribution in [2.75, 3.05) is 24.3 Å². The van der Waals surface area contributed by atoms with Gasteiger partial charge in [0.05, 0.1) is 11.3 Å². The fourth-order valence-corrected chi connectivity index (χ4v) is 2.36. The molecule has 0 saturated carbocycles. The molecule has 20 heavy (non-hydrogen) atoms. The van der Waals surface area contributed by atoms with Crippen LogP contribution in [0.15, 0.2) is 12.3 Å². The Balaban J connectivity index is 2.65. The van der Waals surface area contributed by atoms with E-state index >= 15 is 0 Å². The SMILES string of the molecule is CCNS(=O)(=O)CCNC(=O)c1ccnc(NN)c1F. The third-order valence-electron chi connectivity index (χ3n) is 2.29. The molecule has 0 bridgehead atoms. The van der Waals surface area contributed by atoms with E-state index in [0.717, 1.165) is 0 Å². The molecule has 1 heterocycles. The number of sulfonamides is 1. The van der Waals surface area contributed by atoms with E-state index in [9.17, 15) is 17.6 Å². The minimum absolute atomic E-state index is 0.138. The first-order valence-electron chi connectivity index (χ1n) is 5.78. The van der Waals surface area contributed by atoms with Crippen LogP contribution in [0.3, 0.4) is 0 Å². The second-order valence-electron chi connectivity index (χ2n) is 3.74. The van der Waals surface area contributed by atoms with E-state index in [1.165, 1.54) is 12.3 Å². The van der Waals surface area contributed by atoms with Gasteiger partial charge in [-0.1, -0.05) is 6.92 Å². The van der Waals surface area contributed by atoms with Gasteiger partial charge in [0.15, 0.2) is 11.6 Å². The molecule has 0 aliphatic heterocycles. The average Bonchev–Trinajstić information content (AvgIpc) is 2.38. The zero-order valence-electron chi connectivity index (χ0n) is 10.8. The predicted molar refractivity (Wildman–Crippen MR) is 71.8 cm³/mol. The summed E-state index contributed by atoms with van der Waals surface area (Å²) in [6.07, 6.45) is 1.21. The van der Waals surface area contributed by atoms with E-state index in [0.29, 0.717) is 0 Å². The van der Waals surface area contributed by atoms with Crippen molar-refractivity contribution in [1.29, 1.82) is 0 Å². The maximum atomic E-state index is 13.7. The highest BCUT2D eigenvalue weighted by atomic mass is 32.2. The summed E-state index contributed by atoms with van der Waals surface area (Å²) in [5.41, 5.74) is 1.75. The Kier molecular flexibility index (Phi) is 5.80. The van der Waals surface area contributed by atoms with Gasteiger partial charge in [-0.2, -0.15) is 0 Å². The number of pyridine rings is 1. The maximum absolute atomic E-state index is 13.7. The first kappa shape index (κ1) is 16.3. The topological polar surface area (TPSA) is 126 Å². The van der Waals surface area contributed by atoms with Crippen molar-refractivity contribution >= 4 is 21.7 Å². The summed E-state index contributed by atoms with van der Waals surface area (Å²) in [4.78, 5) is 15.3. The summed E-state index contributed by atoms with van der Waals surface area (Å²) >= 11 is 0. The Morgan fingerprint density at radius 2 is 2.20 bits per heavy atom. The van der Waals surface area contributed by atoms with Gasteiger partial charge in [-0.05, 0) is 6.07 Å². The number of amides is 1. The summed E-state index contributed by atoms with van der Waals surface area (Å²) in [5, 5.41) is 2.31. The molecule has 5 N–H and O–H groups in total. The third-order valence-corrected chi connectivity index (χ3v) is 3.76. The number of hydrogen-bond donors (Lipinski definition) is 4. The van der Waals surface area contributed by atoms with Crippen molar-refractivity contribution < 1.29 is 17.6 Å². The number of nitrogens with one attached hydrogen (secondary N) is 3. The summed E-state index contributed by atoms with van der Waals surface area (Å²) in [6.45, 7) is 1.77. The molecule has 1 aromatic heterocycles. The summed E-state index contributed by atoms with van der Waals surface area (Å²) in [5.74, 6) is 2.84. The molecule has 1 rings (SSSR count). The molecular weight excluding hydrogens is 289 g/mol. The van der Waals surface area contributed by atoms with Gasteiger partial charge in [-0.15, -0.1) is 0 Å². The maximum Gasteiger partial charge on any atom is 0.254 e. The molecule has 10 heteroatoms. The van der Waals surface area contributed by atoms with Gasteiger partial charge in [0.2, 0.25) is 10.0 Å². The van der Waals surface area contributed by atoms with E-state index in [4.69, 9.17) is 5.84 Å². The van der Waals surface area contributed by atoms with Crippen molar-refractivity contribution in [3.8, 4) is 0 Å². The van der Waals surface area contributed by atoms with Crippen molar-refractivity contribution in [2.24, 2.45) is 5.84 Å². The van der Waals surface area contributed by atoms with Crippen LogP contribution in [-0.4, -0.2) is 38.2 Å². The Morgan fingerprint density at radius 1 is 1.50 bits per heavy atom. The van der Waals surface area contributed by atoms with Crippen molar-refractivity contribution in [2.45, 2.75) is 6.92 Å². The highest BCUT2D eigenvalue weighted by molar-refractivity contribution is 7.89. The minimum Gasteiger partial charge on any atom is -0.351 e. The molecule has 0 spiro atoms. The van der Waals surface area contributed by atoms with Crippen molar-refractivity contribution in [1.82, 2.24) is 15.0 Å². The molecule has 0 aliphatic rings. The molecule has 0 fully saturated rings. The lowest BCUT2D eigenvalue weighted by Crippen LogP contribution is -2.34. The predicted octanol–water partition coefficient (Wildman–Crippen LogP) is -0.825. The monoisotopic (exact) mass is 305 g/mol. The number of nitrogens with two attached hydrogens (primary N) is 1. The van der Waals surface area contributed by atoms with Gasteiger partial charge >= 0.3 is 0 Å². The fraction of sp³-hybridized carbons (Fsp3) is 0.400. The highest BCUT2D eigenvalue weighted by Gasteiger charge is 2.16. The van der Waals surface area contributed by atoms with Gasteiger partial charge in [0.25, 0.3) is 5.91 Å². The largest absolute Gasteiger partial charge is 0.351 e. The van der Waals surface area contributed by atoms with Gasteiger partial charge in [0, 0.05) is 19.3 Å². The molecular formula is C10H16FN5O3S. The smallest absolute Gasteiger partial charge is 0.254 e. The van der Waals surface area contributed by atoms with Crippen LogP contribution in [-0.2, 0) is 10.0 Å². The van der Waals surface area contributed by atoms with Gasteiger partial charge in [-0.25, -0.2) is 28.4 Å². The van der Waals surface area contributed by atoms with Gasteiger partial charge in [-0.3, -0.25) is 4.79 Å². The molecule has 1 amide bonds. The van der Waals surface area contributed by atoms with E-state index in [2.05, 4.69) is 15.0 Å². The Labute approximate surface area is 116 Å². The van der Waals surface area contributed by atoms with E-state index < -0.39 is 21.7 Å². The number of carbonyl (C=O) groups is 1. The number of hydrazine groups is 1. The normalized spacial score (nSPS) is 11.2. The molecule has 0 saturated heterocycles. The van der Waals surface area contributed by atoms with Crippen LogP contribution in [0.5, 0.6) is 0 Å². The number of carbonyl (C=O) groups excluding carboxylic acids is 1. The number of nitrogen functional groups attached to an aromatic ring is 1. The summed E-state index contributed by atoms with van der Waals surface area (Å²) in [6, 6.07) is 1.17. The summed E-state index contributed by atoms with van der Waals surface area (Å²) < 4.78 is 38.7. The second kappa shape index (κ2) is 7.12. The second-order valence-corrected chi connectivity index (χ2v) is 5.66. The molecule has 0 unspecified atom stereocenters. The molecule has 112 valence electrons. The Morgan fingerprint density at radius 3 is 2.80 bits per heavy atom. The summed E-state index contributed by atoms with van der Waals surface area (Å²) in [7, 11) is -3.44. The Hall–Kier alpha value is -1.78. The highest BCUT2D eigenvalue weighted by Crippen LogP contribution is 2.13. The first-order chi connectivity index (χ1) is 9.41. The molecule has 0 radical (unpaired) electrons. The van der Waals surface area contributed by atoms with E-state index in [1.54, 1.807) is 6.92 Å². The zero-order valence-corrected chi connectivity index (χ0v) is 11.6. The molecule has 1 aromatic rings. The first-order valence-corrected chi connectivity index (χ1v) is 7.43. The van der Waals surface area contributed by atoms with Crippen LogP contribution >= 0.6 is 0 Å². The van der Waals surface area contributed by atoms with Crippen LogP contribution in [0, 0.1) is 5.82 Å². The van der Waals surface area contributed by atoms with Crippen molar-refractivity contribution in [3.63, 3.8) is 0 Å². The van der Waals surface area contributed by atoms with Crippen LogP contribution in [0.4, 0.5) is 10.2 Å². The lowest BCUT2D eigenvalue weighted by atomic mass is 10.2. The molecule has 0 aromatic carbocycles. The van der Waals surface area contributed by atoms with E-state index in [-0.39, 0.29) is 30.2 Å². The number of hydrogen-bond acceptors (Lipinski definition) is 6.